The van der Waals surface area contributed by atoms with Crippen LogP contribution in [0.4, 0.5) is 5.69 Å². The molecule has 7 heteroatoms. The van der Waals surface area contributed by atoms with Crippen molar-refractivity contribution in [1.82, 2.24) is 9.97 Å². The van der Waals surface area contributed by atoms with E-state index in [1.807, 2.05) is 0 Å². The maximum absolute atomic E-state index is 11.4. The van der Waals surface area contributed by atoms with E-state index in [0.29, 0.717) is 5.69 Å². The number of sulfone groups is 1. The van der Waals surface area contributed by atoms with Crippen molar-refractivity contribution in [3.05, 3.63) is 36.8 Å². The summed E-state index contributed by atoms with van der Waals surface area (Å²) in [6.07, 6.45) is 4.23. The smallest absolute Gasteiger partial charge is 0.175 e. The second-order valence-corrected chi connectivity index (χ2v) is 6.70. The number of hydrogen-bond donors (Lipinski definition) is 1. The fourth-order valence-electron chi connectivity index (χ4n) is 1.30. The van der Waals surface area contributed by atoms with Gasteiger partial charge in [-0.05, 0) is 24.3 Å². The van der Waals surface area contributed by atoms with Gasteiger partial charge in [0.1, 0.15) is 11.4 Å². The number of aromatic nitrogens is 2. The highest BCUT2D eigenvalue weighted by atomic mass is 32.2. The number of anilines is 1. The molecular formula is C11H11N3O2S2. The molecule has 0 atom stereocenters. The lowest BCUT2D eigenvalue weighted by Gasteiger charge is -2.06. The molecule has 1 heterocycles. The van der Waals surface area contributed by atoms with Crippen LogP contribution in [-0.4, -0.2) is 24.6 Å². The molecule has 1 aromatic heterocycles. The van der Waals surface area contributed by atoms with Crippen LogP contribution in [-0.2, 0) is 9.84 Å². The van der Waals surface area contributed by atoms with Crippen LogP contribution in [0.1, 0.15) is 0 Å². The highest BCUT2D eigenvalue weighted by Crippen LogP contribution is 2.31. The van der Waals surface area contributed by atoms with Gasteiger partial charge in [0.05, 0.1) is 4.90 Å². The minimum absolute atomic E-state index is 0.215. The molecule has 5 nitrogen and oxygen atoms in total. The van der Waals surface area contributed by atoms with Crippen LogP contribution in [0.3, 0.4) is 0 Å². The average Bonchev–Trinajstić information content (AvgIpc) is 2.32. The number of nitrogen functional groups attached to an aromatic ring is 1. The second-order valence-electron chi connectivity index (χ2n) is 3.62. The Labute approximate surface area is 109 Å². The molecule has 18 heavy (non-hydrogen) atoms. The lowest BCUT2D eigenvalue weighted by atomic mass is 10.3. The lowest BCUT2D eigenvalue weighted by molar-refractivity contribution is 0.602. The van der Waals surface area contributed by atoms with Gasteiger partial charge >= 0.3 is 0 Å². The van der Waals surface area contributed by atoms with E-state index < -0.39 is 9.84 Å². The van der Waals surface area contributed by atoms with Crippen molar-refractivity contribution in [2.24, 2.45) is 0 Å². The van der Waals surface area contributed by atoms with Crippen molar-refractivity contribution in [1.29, 1.82) is 0 Å². The molecule has 0 aliphatic carbocycles. The Morgan fingerprint density at radius 2 is 2.06 bits per heavy atom. The number of benzene rings is 1. The molecule has 0 fully saturated rings. The van der Waals surface area contributed by atoms with Crippen LogP contribution < -0.4 is 5.73 Å². The lowest BCUT2D eigenvalue weighted by Crippen LogP contribution is -1.99. The van der Waals surface area contributed by atoms with E-state index in [1.165, 1.54) is 30.2 Å². The molecule has 0 spiro atoms. The average molecular weight is 281 g/mol. The van der Waals surface area contributed by atoms with E-state index in [0.717, 1.165) is 16.2 Å². The fraction of sp³-hybridized carbons (Fsp3) is 0.0909. The summed E-state index contributed by atoms with van der Waals surface area (Å²) in [5, 5.41) is 0.754. The first-order chi connectivity index (χ1) is 8.47. The molecule has 0 bridgehead atoms. The maximum atomic E-state index is 11.4. The summed E-state index contributed by atoms with van der Waals surface area (Å²) >= 11 is 1.36. The third kappa shape index (κ3) is 2.99. The van der Waals surface area contributed by atoms with Gasteiger partial charge in [0, 0.05) is 23.0 Å². The van der Waals surface area contributed by atoms with Gasteiger partial charge in [0.2, 0.25) is 0 Å². The zero-order chi connectivity index (χ0) is 13.2. The highest BCUT2D eigenvalue weighted by Gasteiger charge is 2.10. The van der Waals surface area contributed by atoms with E-state index in [4.69, 9.17) is 5.73 Å². The topological polar surface area (TPSA) is 85.9 Å². The molecule has 0 unspecified atom stereocenters. The Morgan fingerprint density at radius 3 is 2.61 bits per heavy atom. The Balaban J connectivity index is 2.32. The Morgan fingerprint density at radius 1 is 1.28 bits per heavy atom. The van der Waals surface area contributed by atoms with Crippen LogP contribution in [0.2, 0.25) is 0 Å². The van der Waals surface area contributed by atoms with E-state index >= 15 is 0 Å². The van der Waals surface area contributed by atoms with Crippen molar-refractivity contribution in [3.63, 3.8) is 0 Å². The molecule has 1 aromatic carbocycles. The van der Waals surface area contributed by atoms with E-state index in [1.54, 1.807) is 18.3 Å². The van der Waals surface area contributed by atoms with Gasteiger partial charge in [-0.3, -0.25) is 0 Å². The van der Waals surface area contributed by atoms with Gasteiger partial charge < -0.3 is 5.73 Å². The Bertz CT molecular complexity index is 657. The van der Waals surface area contributed by atoms with Gasteiger partial charge in [0.25, 0.3) is 0 Å². The van der Waals surface area contributed by atoms with Crippen LogP contribution in [0.5, 0.6) is 0 Å². The molecule has 2 aromatic rings. The summed E-state index contributed by atoms with van der Waals surface area (Å²) in [6.45, 7) is 0. The first kappa shape index (κ1) is 12.8. The summed E-state index contributed by atoms with van der Waals surface area (Å²) in [5.41, 5.74) is 6.26. The third-order valence-electron chi connectivity index (χ3n) is 2.18. The van der Waals surface area contributed by atoms with Crippen molar-refractivity contribution in [2.45, 2.75) is 14.8 Å². The zero-order valence-corrected chi connectivity index (χ0v) is 11.2. The van der Waals surface area contributed by atoms with Crippen molar-refractivity contribution < 1.29 is 8.42 Å². The fourth-order valence-corrected chi connectivity index (χ4v) is 2.72. The molecule has 0 radical (unpaired) electrons. The molecule has 2 rings (SSSR count). The number of rotatable bonds is 3. The Hall–Kier alpha value is -1.60. The van der Waals surface area contributed by atoms with E-state index in [-0.39, 0.29) is 4.90 Å². The van der Waals surface area contributed by atoms with Crippen molar-refractivity contribution in [2.75, 3.05) is 12.0 Å². The van der Waals surface area contributed by atoms with Gasteiger partial charge in [-0.25, -0.2) is 18.4 Å². The molecule has 0 amide bonds. The molecular weight excluding hydrogens is 270 g/mol. The second kappa shape index (κ2) is 4.95. The van der Waals surface area contributed by atoms with E-state index in [9.17, 15) is 8.42 Å². The maximum Gasteiger partial charge on any atom is 0.175 e. The minimum Gasteiger partial charge on any atom is -0.398 e. The summed E-state index contributed by atoms with van der Waals surface area (Å²) in [5.74, 6) is 0. The monoisotopic (exact) mass is 281 g/mol. The van der Waals surface area contributed by atoms with Gasteiger partial charge in [0.15, 0.2) is 9.84 Å². The van der Waals surface area contributed by atoms with Gasteiger partial charge in [-0.15, -0.1) is 0 Å². The largest absolute Gasteiger partial charge is 0.398 e. The quantitative estimate of drug-likeness (QED) is 0.679. The highest BCUT2D eigenvalue weighted by molar-refractivity contribution is 7.99. The molecule has 0 aliphatic heterocycles. The van der Waals surface area contributed by atoms with E-state index in [2.05, 4.69) is 9.97 Å². The van der Waals surface area contributed by atoms with Crippen molar-refractivity contribution in [3.8, 4) is 0 Å². The first-order valence-corrected chi connectivity index (χ1v) is 7.71. The molecule has 2 N–H and O–H groups in total. The Kier molecular flexibility index (Phi) is 3.53. The standard InChI is InChI=1S/C11H11N3O2S2/c1-18(15,16)8-2-3-10(9(12)6-8)17-11-4-5-13-7-14-11/h2-7H,12H2,1H3. The van der Waals surface area contributed by atoms with Crippen LogP contribution in [0, 0.1) is 0 Å². The van der Waals surface area contributed by atoms with Crippen molar-refractivity contribution >= 4 is 27.3 Å². The summed E-state index contributed by atoms with van der Waals surface area (Å²) in [6, 6.07) is 6.43. The minimum atomic E-state index is -3.23. The number of nitrogens with two attached hydrogens (primary N) is 1. The third-order valence-corrected chi connectivity index (χ3v) is 4.33. The number of nitrogens with zero attached hydrogens (tertiary/aromatic N) is 2. The predicted molar refractivity (Wildman–Crippen MR) is 70.1 cm³/mol. The molecule has 0 saturated heterocycles. The summed E-state index contributed by atoms with van der Waals surface area (Å²) in [4.78, 5) is 8.86. The summed E-state index contributed by atoms with van der Waals surface area (Å²) < 4.78 is 22.7. The SMILES string of the molecule is CS(=O)(=O)c1ccc(Sc2ccncn2)c(N)c1. The summed E-state index contributed by atoms with van der Waals surface area (Å²) in [7, 11) is -3.23. The normalized spacial score (nSPS) is 11.4. The molecule has 0 saturated carbocycles. The zero-order valence-electron chi connectivity index (χ0n) is 9.57. The van der Waals surface area contributed by atoms with Crippen LogP contribution >= 0.6 is 11.8 Å². The first-order valence-electron chi connectivity index (χ1n) is 5.00. The van der Waals surface area contributed by atoms with Gasteiger partial charge in [-0.1, -0.05) is 11.8 Å². The number of hydrogen-bond acceptors (Lipinski definition) is 6. The van der Waals surface area contributed by atoms with Crippen LogP contribution in [0.15, 0.2) is 51.6 Å². The molecule has 94 valence electrons. The predicted octanol–water partition coefficient (Wildman–Crippen LogP) is 1.61. The van der Waals surface area contributed by atoms with Crippen LogP contribution in [0.25, 0.3) is 0 Å². The molecule has 0 aliphatic rings. The van der Waals surface area contributed by atoms with Gasteiger partial charge in [-0.2, -0.15) is 0 Å².